The summed E-state index contributed by atoms with van der Waals surface area (Å²) in [7, 11) is 1.52. The summed E-state index contributed by atoms with van der Waals surface area (Å²) in [6.45, 7) is 12.6. The molecule has 1 fully saturated rings. The molecule has 0 aromatic heterocycles. The molecule has 3 aromatic rings. The van der Waals surface area contributed by atoms with Crippen LogP contribution in [-0.2, 0) is 20.9 Å². The third kappa shape index (κ3) is 13.9. The Kier molecular flexibility index (Phi) is 20.5. The second-order valence-corrected chi connectivity index (χ2v) is 20.3. The maximum absolute atomic E-state index is 15.2. The molecule has 6 rings (SSSR count). The highest BCUT2D eigenvalue weighted by atomic mass is 19.1. The van der Waals surface area contributed by atoms with Crippen LogP contribution in [0.4, 0.5) is 4.39 Å². The Hall–Kier alpha value is -5.04. The third-order valence-corrected chi connectivity index (χ3v) is 14.1. The molecule has 382 valence electrons. The molecule has 1 saturated carbocycles. The van der Waals surface area contributed by atoms with Crippen LogP contribution in [0.3, 0.4) is 0 Å². The Morgan fingerprint density at radius 2 is 1.57 bits per heavy atom. The van der Waals surface area contributed by atoms with Crippen molar-refractivity contribution in [1.82, 2.24) is 4.90 Å². The minimum absolute atomic E-state index is 0.00184. The molecule has 2 N–H and O–H groups in total. The number of unbranched alkanes of at least 4 members (excludes halogenated alkanes) is 10. The van der Waals surface area contributed by atoms with E-state index >= 15 is 4.79 Å². The molecule has 0 bridgehead atoms. The van der Waals surface area contributed by atoms with Crippen LogP contribution in [0.5, 0.6) is 23.0 Å². The van der Waals surface area contributed by atoms with Gasteiger partial charge < -0.3 is 38.9 Å². The summed E-state index contributed by atoms with van der Waals surface area (Å²) in [6.07, 6.45) is 19.8. The second-order valence-electron chi connectivity index (χ2n) is 20.3. The summed E-state index contributed by atoms with van der Waals surface area (Å²) in [5.74, 6) is -0.616. The van der Waals surface area contributed by atoms with Gasteiger partial charge in [0, 0.05) is 44.1 Å². The maximum Gasteiger partial charge on any atom is 0.239 e. The maximum atomic E-state index is 15.2. The van der Waals surface area contributed by atoms with Gasteiger partial charge in [0.25, 0.3) is 0 Å². The SMILES string of the molecule is C=CCO[C@@]12Oc3ccc(Oc4ccc(OC)c(C=O)c4)cc3[C@H]3[C@H](CCCCO)[C@@H](CCCCO)C=C(C(=NOC(C)(C)C)C[C@@H]1N(Cc1ccc(F)cc1)C(=O)CCCCCCCCCCC)[C@H]32. The molecule has 1 amide bonds. The number of amides is 1. The fraction of sp³-hybridized carbons (Fsp3) is 0.569. The number of aliphatic hydroxyl groups excluding tert-OH is 2. The molecule has 0 spiro atoms. The Balaban J connectivity index is 1.53. The zero-order valence-corrected chi connectivity index (χ0v) is 42.5. The van der Waals surface area contributed by atoms with Crippen LogP contribution in [0.25, 0.3) is 0 Å². The predicted octanol–water partition coefficient (Wildman–Crippen LogP) is 12.8. The third-order valence-electron chi connectivity index (χ3n) is 14.1. The number of rotatable bonds is 29. The van der Waals surface area contributed by atoms with Crippen LogP contribution in [0, 0.1) is 23.6 Å². The van der Waals surface area contributed by atoms with Gasteiger partial charge in [-0.25, -0.2) is 4.39 Å². The number of fused-ring (bicyclic) bond motifs is 2. The first-order chi connectivity index (χ1) is 33.9. The van der Waals surface area contributed by atoms with Gasteiger partial charge >= 0.3 is 0 Å². The van der Waals surface area contributed by atoms with E-state index in [1.165, 1.54) is 51.3 Å². The van der Waals surface area contributed by atoms with Crippen molar-refractivity contribution in [3.8, 4) is 23.0 Å². The molecule has 0 saturated heterocycles. The smallest absolute Gasteiger partial charge is 0.239 e. The van der Waals surface area contributed by atoms with Crippen molar-refractivity contribution in [2.24, 2.45) is 22.9 Å². The number of aldehydes is 1. The number of oxime groups is 1. The Labute approximate surface area is 416 Å². The van der Waals surface area contributed by atoms with Gasteiger partial charge in [0.2, 0.25) is 11.7 Å². The van der Waals surface area contributed by atoms with Gasteiger partial charge in [0.1, 0.15) is 40.5 Å². The standard InChI is InChI=1S/C58H79FN2O9/c1-7-9-10-11-12-13-14-15-16-23-54(65)61(39-41-24-26-44(59)27-25-41)53-38-50(60-70-57(3,4)5)48-36-42(21-17-19-32-62)47(22-18-20-33-63)55-49-37-46(68-45-28-30-51(66-6)43(35-45)40-64)29-31-52(49)69-58(53,56(48)55)67-34-8-2/h8,24-31,35-37,40,42,47,53,55-56,62-63H,2,7,9-23,32-34,38-39H2,1,3-6H3/t42-,47+,53-,55+,56+,58+/m0/s1. The van der Waals surface area contributed by atoms with Crippen molar-refractivity contribution in [3.05, 3.63) is 107 Å². The predicted molar refractivity (Wildman–Crippen MR) is 273 cm³/mol. The number of benzene rings is 3. The number of aliphatic hydroxyl groups is 2. The zero-order valence-electron chi connectivity index (χ0n) is 42.5. The van der Waals surface area contributed by atoms with E-state index in [-0.39, 0.29) is 62.3 Å². The Bertz CT molecular complexity index is 2220. The summed E-state index contributed by atoms with van der Waals surface area (Å²) in [5, 5.41) is 25.1. The van der Waals surface area contributed by atoms with Gasteiger partial charge in [-0.05, 0) is 124 Å². The van der Waals surface area contributed by atoms with Gasteiger partial charge in [0.05, 0.1) is 30.9 Å². The van der Waals surface area contributed by atoms with Crippen LogP contribution >= 0.6 is 0 Å². The van der Waals surface area contributed by atoms with Crippen molar-refractivity contribution in [2.45, 2.75) is 167 Å². The van der Waals surface area contributed by atoms with Crippen molar-refractivity contribution < 1.29 is 48.0 Å². The van der Waals surface area contributed by atoms with E-state index in [0.717, 1.165) is 74.4 Å². The number of hydrogen-bond acceptors (Lipinski definition) is 10. The summed E-state index contributed by atoms with van der Waals surface area (Å²) >= 11 is 0. The van der Waals surface area contributed by atoms with E-state index < -0.39 is 23.3 Å². The molecule has 70 heavy (non-hydrogen) atoms. The van der Waals surface area contributed by atoms with Gasteiger partial charge in [-0.3, -0.25) is 9.59 Å². The van der Waals surface area contributed by atoms with E-state index in [2.05, 4.69) is 19.6 Å². The van der Waals surface area contributed by atoms with Crippen LogP contribution in [0.1, 0.15) is 164 Å². The molecule has 0 unspecified atom stereocenters. The number of carbonyl (C=O) groups is 2. The normalized spacial score (nSPS) is 22.0. The number of halogens is 1. The van der Waals surface area contributed by atoms with Crippen molar-refractivity contribution in [3.63, 3.8) is 0 Å². The highest BCUT2D eigenvalue weighted by Crippen LogP contribution is 2.62. The lowest BCUT2D eigenvalue weighted by atomic mass is 9.55. The minimum atomic E-state index is -1.46. The molecule has 11 nitrogen and oxygen atoms in total. The van der Waals surface area contributed by atoms with E-state index in [1.54, 1.807) is 36.4 Å². The first-order valence-corrected chi connectivity index (χ1v) is 26.0. The molecule has 1 aliphatic heterocycles. The Morgan fingerprint density at radius 1 is 0.900 bits per heavy atom. The molecule has 1 heterocycles. The largest absolute Gasteiger partial charge is 0.496 e. The van der Waals surface area contributed by atoms with E-state index in [1.807, 2.05) is 43.9 Å². The lowest BCUT2D eigenvalue weighted by molar-refractivity contribution is -0.258. The summed E-state index contributed by atoms with van der Waals surface area (Å²) < 4.78 is 41.1. The highest BCUT2D eigenvalue weighted by molar-refractivity contribution is 6.03. The minimum Gasteiger partial charge on any atom is -0.496 e. The van der Waals surface area contributed by atoms with Crippen LogP contribution < -0.4 is 14.2 Å². The van der Waals surface area contributed by atoms with Crippen molar-refractivity contribution in [1.29, 1.82) is 0 Å². The number of hydrogen-bond donors (Lipinski definition) is 2. The quantitative estimate of drug-likeness (QED) is 0.0301. The first-order valence-electron chi connectivity index (χ1n) is 26.0. The van der Waals surface area contributed by atoms with Gasteiger partial charge in [-0.15, -0.1) is 6.58 Å². The average Bonchev–Trinajstić information content (AvgIpc) is 3.35. The molecule has 3 aliphatic rings. The zero-order chi connectivity index (χ0) is 50.1. The number of carbonyl (C=O) groups excluding carboxylic acids is 2. The van der Waals surface area contributed by atoms with Crippen molar-refractivity contribution in [2.75, 3.05) is 26.9 Å². The number of ether oxygens (including phenoxy) is 4. The lowest BCUT2D eigenvalue weighted by Gasteiger charge is -2.60. The van der Waals surface area contributed by atoms with E-state index in [4.69, 9.17) is 28.9 Å². The van der Waals surface area contributed by atoms with Gasteiger partial charge in [0.15, 0.2) is 6.29 Å². The second kappa shape index (κ2) is 26.4. The molecular weight excluding hydrogens is 888 g/mol. The molecule has 12 heteroatoms. The first kappa shape index (κ1) is 54.3. The number of allylic oxidation sites excluding steroid dienone is 1. The summed E-state index contributed by atoms with van der Waals surface area (Å²) in [4.78, 5) is 35.5. The fourth-order valence-electron chi connectivity index (χ4n) is 10.8. The summed E-state index contributed by atoms with van der Waals surface area (Å²) in [6, 6.07) is 16.5. The van der Waals surface area contributed by atoms with Crippen LogP contribution in [0.2, 0.25) is 0 Å². The fourth-order valence-corrected chi connectivity index (χ4v) is 10.8. The van der Waals surface area contributed by atoms with E-state index in [0.29, 0.717) is 53.5 Å². The highest BCUT2D eigenvalue weighted by Gasteiger charge is 2.65. The molecular formula is C58H79FN2O9. The van der Waals surface area contributed by atoms with Crippen LogP contribution in [-0.4, -0.2) is 77.4 Å². The molecule has 2 aliphatic carbocycles. The van der Waals surface area contributed by atoms with E-state index in [9.17, 15) is 19.4 Å². The number of methoxy groups -OCH3 is 1. The molecule has 0 radical (unpaired) electrons. The molecule has 3 aromatic carbocycles. The van der Waals surface area contributed by atoms with Crippen LogP contribution in [0.15, 0.2) is 90.1 Å². The molecule has 6 atom stereocenters. The topological polar surface area (TPSA) is 136 Å². The summed E-state index contributed by atoms with van der Waals surface area (Å²) in [5.41, 5.74) is 3.03. The van der Waals surface area contributed by atoms with Crippen molar-refractivity contribution >= 4 is 17.9 Å². The lowest BCUT2D eigenvalue weighted by Crippen LogP contribution is -2.70. The van der Waals surface area contributed by atoms with Gasteiger partial charge in [-0.1, -0.05) is 101 Å². The Morgan fingerprint density at radius 3 is 2.23 bits per heavy atom. The number of nitrogens with zero attached hydrogens (tertiary/aromatic N) is 2. The monoisotopic (exact) mass is 967 g/mol. The van der Waals surface area contributed by atoms with Gasteiger partial charge in [-0.2, -0.15) is 0 Å². The average molecular weight is 967 g/mol.